The lowest BCUT2D eigenvalue weighted by molar-refractivity contribution is 0.292. The third-order valence-electron chi connectivity index (χ3n) is 1.30. The van der Waals surface area contributed by atoms with Crippen molar-refractivity contribution in [3.63, 3.8) is 0 Å². The normalized spacial score (nSPS) is 11.8. The molecule has 0 atom stereocenters. The maximum Gasteiger partial charge on any atom is 0.266 e. The Morgan fingerprint density at radius 3 is 2.00 bits per heavy atom. The van der Waals surface area contributed by atoms with E-state index in [0.29, 0.717) is 19.6 Å². The molecule has 0 amide bonds. The minimum Gasteiger partial charge on any atom is -0.395 e. The maximum absolute atomic E-state index is 10.2. The van der Waals surface area contributed by atoms with Crippen molar-refractivity contribution in [3.8, 4) is 0 Å². The van der Waals surface area contributed by atoms with Crippen LogP contribution in [0.25, 0.3) is 0 Å². The Morgan fingerprint density at radius 2 is 1.54 bits per heavy atom. The van der Waals surface area contributed by atoms with Crippen LogP contribution in [0.1, 0.15) is 0 Å². The monoisotopic (exact) mass is 212 g/mol. The summed E-state index contributed by atoms with van der Waals surface area (Å²) in [5.41, 5.74) is 0. The van der Waals surface area contributed by atoms with Crippen molar-refractivity contribution in [1.82, 2.24) is 10.6 Å². The van der Waals surface area contributed by atoms with Crippen molar-refractivity contribution in [3.05, 3.63) is 0 Å². The summed E-state index contributed by atoms with van der Waals surface area (Å²) in [5.74, 6) is -0.271. The summed E-state index contributed by atoms with van der Waals surface area (Å²) in [6.07, 6.45) is 0. The topological polar surface area (TPSA) is 98.7 Å². The van der Waals surface area contributed by atoms with E-state index in [1.54, 1.807) is 0 Å². The zero-order valence-electron chi connectivity index (χ0n) is 7.36. The molecule has 0 aromatic rings. The fourth-order valence-electron chi connectivity index (χ4n) is 0.707. The van der Waals surface area contributed by atoms with Crippen LogP contribution in [0.5, 0.6) is 0 Å². The van der Waals surface area contributed by atoms with Crippen LogP contribution in [-0.2, 0) is 10.1 Å². The number of aliphatic hydroxyl groups is 1. The molecule has 0 heterocycles. The van der Waals surface area contributed by atoms with Crippen LogP contribution in [0, 0.1) is 0 Å². The highest BCUT2D eigenvalue weighted by atomic mass is 32.2. The average molecular weight is 212 g/mol. The summed E-state index contributed by atoms with van der Waals surface area (Å²) < 4.78 is 28.8. The second-order valence-corrected chi connectivity index (χ2v) is 4.08. The Morgan fingerprint density at radius 1 is 1.00 bits per heavy atom. The molecular formula is C6H16N2O4S. The van der Waals surface area contributed by atoms with Gasteiger partial charge in [-0.05, 0) is 0 Å². The van der Waals surface area contributed by atoms with Crippen molar-refractivity contribution in [2.45, 2.75) is 0 Å². The minimum atomic E-state index is -3.84. The Labute approximate surface area is 78.1 Å². The van der Waals surface area contributed by atoms with Gasteiger partial charge >= 0.3 is 0 Å². The molecule has 0 aliphatic rings. The number of rotatable bonds is 8. The number of aliphatic hydroxyl groups excluding tert-OH is 1. The first-order valence-corrected chi connectivity index (χ1v) is 5.64. The molecule has 0 rings (SSSR count). The van der Waals surface area contributed by atoms with Crippen LogP contribution >= 0.6 is 0 Å². The van der Waals surface area contributed by atoms with Crippen LogP contribution in [0.15, 0.2) is 0 Å². The molecule has 0 spiro atoms. The van der Waals surface area contributed by atoms with E-state index in [0.717, 1.165) is 0 Å². The summed E-state index contributed by atoms with van der Waals surface area (Å²) >= 11 is 0. The molecule has 0 fully saturated rings. The average Bonchev–Trinajstić information content (AvgIpc) is 2.01. The zero-order valence-corrected chi connectivity index (χ0v) is 8.18. The van der Waals surface area contributed by atoms with Crippen molar-refractivity contribution < 1.29 is 18.1 Å². The van der Waals surface area contributed by atoms with E-state index in [1.807, 2.05) is 0 Å². The summed E-state index contributed by atoms with van der Waals surface area (Å²) in [7, 11) is -3.84. The van der Waals surface area contributed by atoms with Gasteiger partial charge in [0.2, 0.25) is 0 Å². The smallest absolute Gasteiger partial charge is 0.266 e. The minimum absolute atomic E-state index is 0.0883. The van der Waals surface area contributed by atoms with Crippen molar-refractivity contribution >= 4 is 10.1 Å². The Balaban J connectivity index is 3.09. The Bertz CT molecular complexity index is 205. The molecule has 13 heavy (non-hydrogen) atoms. The molecule has 0 aromatic heterocycles. The fraction of sp³-hybridized carbons (Fsp3) is 1.00. The first-order chi connectivity index (χ1) is 6.06. The molecule has 0 aliphatic carbocycles. The number of hydrogen-bond donors (Lipinski definition) is 4. The number of nitrogens with one attached hydrogen (secondary N) is 2. The standard InChI is InChI=1S/C6H16N2O4S/c9-5-3-7-1-2-8-4-6-13(10,11)12/h7-9H,1-6H2,(H,10,11,12). The quantitative estimate of drug-likeness (QED) is 0.276. The molecule has 0 aromatic carbocycles. The molecule has 0 aliphatic heterocycles. The van der Waals surface area contributed by atoms with E-state index in [-0.39, 0.29) is 18.9 Å². The van der Waals surface area contributed by atoms with E-state index in [1.165, 1.54) is 0 Å². The van der Waals surface area contributed by atoms with E-state index in [2.05, 4.69) is 10.6 Å². The zero-order chi connectivity index (χ0) is 10.2. The largest absolute Gasteiger partial charge is 0.395 e. The van der Waals surface area contributed by atoms with Gasteiger partial charge in [-0.3, -0.25) is 4.55 Å². The SMILES string of the molecule is O=S(=O)(O)CCNCCNCCO. The first-order valence-electron chi connectivity index (χ1n) is 4.04. The molecule has 0 saturated carbocycles. The third-order valence-corrected chi connectivity index (χ3v) is 2.02. The summed E-state index contributed by atoms with van der Waals surface area (Å²) in [4.78, 5) is 0. The summed E-state index contributed by atoms with van der Waals surface area (Å²) in [6.45, 7) is 2.12. The van der Waals surface area contributed by atoms with E-state index in [4.69, 9.17) is 9.66 Å². The van der Waals surface area contributed by atoms with E-state index in [9.17, 15) is 8.42 Å². The second-order valence-electron chi connectivity index (χ2n) is 2.51. The molecule has 0 unspecified atom stereocenters. The molecule has 7 heteroatoms. The van der Waals surface area contributed by atoms with E-state index < -0.39 is 10.1 Å². The summed E-state index contributed by atoms with van der Waals surface area (Å²) in [5, 5.41) is 14.1. The van der Waals surface area contributed by atoms with E-state index >= 15 is 0 Å². The molecule has 4 N–H and O–H groups in total. The van der Waals surface area contributed by atoms with Gasteiger partial charge in [0.25, 0.3) is 10.1 Å². The van der Waals surface area contributed by atoms with Gasteiger partial charge < -0.3 is 15.7 Å². The third kappa shape index (κ3) is 11.8. The lowest BCUT2D eigenvalue weighted by atomic mass is 10.5. The molecule has 0 radical (unpaired) electrons. The lowest BCUT2D eigenvalue weighted by Gasteiger charge is -2.03. The van der Waals surface area contributed by atoms with Crippen molar-refractivity contribution in [2.75, 3.05) is 38.5 Å². The maximum atomic E-state index is 10.2. The van der Waals surface area contributed by atoms with Gasteiger partial charge in [0, 0.05) is 26.2 Å². The molecule has 0 bridgehead atoms. The molecule has 6 nitrogen and oxygen atoms in total. The van der Waals surface area contributed by atoms with Crippen LogP contribution < -0.4 is 10.6 Å². The van der Waals surface area contributed by atoms with Crippen molar-refractivity contribution in [2.24, 2.45) is 0 Å². The van der Waals surface area contributed by atoms with Gasteiger partial charge in [0.1, 0.15) is 0 Å². The molecule has 80 valence electrons. The highest BCUT2D eigenvalue weighted by Gasteiger charge is 2.01. The van der Waals surface area contributed by atoms with Gasteiger partial charge in [-0.1, -0.05) is 0 Å². The first kappa shape index (κ1) is 12.8. The second kappa shape index (κ2) is 7.22. The predicted octanol–water partition coefficient (Wildman–Crippen LogP) is -1.95. The number of hydrogen-bond acceptors (Lipinski definition) is 5. The molecular weight excluding hydrogens is 196 g/mol. The van der Waals surface area contributed by atoms with Gasteiger partial charge in [0.15, 0.2) is 0 Å². The summed E-state index contributed by atoms with van der Waals surface area (Å²) in [6, 6.07) is 0. The highest BCUT2D eigenvalue weighted by Crippen LogP contribution is 1.77. The van der Waals surface area contributed by atoms with Gasteiger partial charge in [0.05, 0.1) is 12.4 Å². The van der Waals surface area contributed by atoms with Crippen LogP contribution in [0.2, 0.25) is 0 Å². The van der Waals surface area contributed by atoms with Crippen molar-refractivity contribution in [1.29, 1.82) is 0 Å². The van der Waals surface area contributed by atoms with Crippen LogP contribution in [-0.4, -0.2) is 56.6 Å². The van der Waals surface area contributed by atoms with Crippen LogP contribution in [0.3, 0.4) is 0 Å². The Hall–Kier alpha value is -0.210. The lowest BCUT2D eigenvalue weighted by Crippen LogP contribution is -2.31. The Kier molecular flexibility index (Phi) is 7.10. The van der Waals surface area contributed by atoms with Gasteiger partial charge in [-0.25, -0.2) is 0 Å². The molecule has 0 saturated heterocycles. The highest BCUT2D eigenvalue weighted by molar-refractivity contribution is 7.85. The van der Waals surface area contributed by atoms with Crippen LogP contribution in [0.4, 0.5) is 0 Å². The van der Waals surface area contributed by atoms with Gasteiger partial charge in [-0.15, -0.1) is 0 Å². The fourth-order valence-corrected chi connectivity index (χ4v) is 1.11. The van der Waals surface area contributed by atoms with Gasteiger partial charge in [-0.2, -0.15) is 8.42 Å². The predicted molar refractivity (Wildman–Crippen MR) is 49.2 cm³/mol.